The first-order valence-electron chi connectivity index (χ1n) is 4.43. The molecule has 0 saturated heterocycles. The summed E-state index contributed by atoms with van der Waals surface area (Å²) in [6, 6.07) is 5.74. The highest BCUT2D eigenvalue weighted by atomic mass is 35.5. The lowest BCUT2D eigenvalue weighted by Crippen LogP contribution is -2.33. The lowest BCUT2D eigenvalue weighted by atomic mass is 10.0. The number of rotatable bonds is 1. The number of benzene rings is 1. The highest BCUT2D eigenvalue weighted by Gasteiger charge is 2.28. The van der Waals surface area contributed by atoms with Crippen LogP contribution in [0, 0.1) is 0 Å². The molecule has 0 saturated carbocycles. The van der Waals surface area contributed by atoms with Crippen molar-refractivity contribution < 1.29 is 4.74 Å². The lowest BCUT2D eigenvalue weighted by Gasteiger charge is -2.30. The van der Waals surface area contributed by atoms with Crippen molar-refractivity contribution in [1.29, 1.82) is 0 Å². The van der Waals surface area contributed by atoms with Gasteiger partial charge in [0.1, 0.15) is 12.4 Å². The minimum Gasteiger partial charge on any atom is -0.490 e. The summed E-state index contributed by atoms with van der Waals surface area (Å²) in [5.41, 5.74) is 7.13. The number of hydrogen-bond acceptors (Lipinski definition) is 3. The Balaban J connectivity index is 2.41. The van der Waals surface area contributed by atoms with Gasteiger partial charge in [0.2, 0.25) is 0 Å². The van der Waals surface area contributed by atoms with E-state index in [1.54, 1.807) is 11.8 Å². The van der Waals surface area contributed by atoms with E-state index in [1.165, 1.54) is 0 Å². The Bertz CT molecular complexity index is 345. The molecule has 2 atom stereocenters. The standard InChI is InChI=1S/C10H12ClNOS/c1-14-8-5-13-10-6(9(8)12)3-2-4-7(10)11/h2-4,8-9H,5,12H2,1H3. The van der Waals surface area contributed by atoms with E-state index in [2.05, 4.69) is 0 Å². The number of hydrogen-bond donors (Lipinski definition) is 1. The van der Waals surface area contributed by atoms with E-state index < -0.39 is 0 Å². The molecule has 0 bridgehead atoms. The van der Waals surface area contributed by atoms with Crippen LogP contribution in [0.25, 0.3) is 0 Å². The number of thioether (sulfide) groups is 1. The molecule has 1 aromatic carbocycles. The van der Waals surface area contributed by atoms with Crippen molar-refractivity contribution in [2.45, 2.75) is 11.3 Å². The maximum atomic E-state index is 6.11. The highest BCUT2D eigenvalue weighted by Crippen LogP contribution is 2.39. The zero-order valence-electron chi connectivity index (χ0n) is 7.87. The molecule has 1 aliphatic rings. The van der Waals surface area contributed by atoms with Crippen molar-refractivity contribution >= 4 is 23.4 Å². The smallest absolute Gasteiger partial charge is 0.142 e. The second-order valence-corrected chi connectivity index (χ2v) is 4.75. The van der Waals surface area contributed by atoms with Crippen LogP contribution in [-0.2, 0) is 0 Å². The molecule has 14 heavy (non-hydrogen) atoms. The summed E-state index contributed by atoms with van der Waals surface area (Å²) < 4.78 is 5.60. The zero-order chi connectivity index (χ0) is 10.1. The van der Waals surface area contributed by atoms with E-state index in [0.717, 1.165) is 11.3 Å². The summed E-state index contributed by atoms with van der Waals surface area (Å²) in [5, 5.41) is 0.971. The first-order valence-corrected chi connectivity index (χ1v) is 6.10. The van der Waals surface area contributed by atoms with E-state index in [0.29, 0.717) is 16.9 Å². The van der Waals surface area contributed by atoms with Gasteiger partial charge in [-0.25, -0.2) is 0 Å². The maximum absolute atomic E-state index is 6.11. The normalized spacial score (nSPS) is 25.4. The molecule has 4 heteroatoms. The Morgan fingerprint density at radius 1 is 1.57 bits per heavy atom. The molecule has 0 aromatic heterocycles. The van der Waals surface area contributed by atoms with Crippen molar-refractivity contribution in [3.63, 3.8) is 0 Å². The van der Waals surface area contributed by atoms with Crippen molar-refractivity contribution in [3.05, 3.63) is 28.8 Å². The van der Waals surface area contributed by atoms with Crippen LogP contribution in [-0.4, -0.2) is 18.1 Å². The predicted octanol–water partition coefficient (Wildman–Crippen LogP) is 2.46. The largest absolute Gasteiger partial charge is 0.490 e. The van der Waals surface area contributed by atoms with Crippen LogP contribution in [0.15, 0.2) is 18.2 Å². The van der Waals surface area contributed by atoms with Crippen molar-refractivity contribution in [1.82, 2.24) is 0 Å². The highest BCUT2D eigenvalue weighted by molar-refractivity contribution is 7.99. The quantitative estimate of drug-likeness (QED) is 0.804. The zero-order valence-corrected chi connectivity index (χ0v) is 9.44. The van der Waals surface area contributed by atoms with Crippen LogP contribution in [0.1, 0.15) is 11.6 Å². The number of nitrogens with two attached hydrogens (primary N) is 1. The van der Waals surface area contributed by atoms with Gasteiger partial charge in [0.15, 0.2) is 0 Å². The Kier molecular flexibility index (Phi) is 2.91. The fourth-order valence-electron chi connectivity index (χ4n) is 1.62. The van der Waals surface area contributed by atoms with Gasteiger partial charge in [-0.3, -0.25) is 0 Å². The van der Waals surface area contributed by atoms with Crippen molar-refractivity contribution in [3.8, 4) is 5.75 Å². The molecule has 1 aliphatic heterocycles. The molecule has 2 nitrogen and oxygen atoms in total. The molecule has 0 amide bonds. The van der Waals surface area contributed by atoms with Gasteiger partial charge in [0.05, 0.1) is 10.3 Å². The van der Waals surface area contributed by atoms with Gasteiger partial charge in [0, 0.05) is 11.6 Å². The van der Waals surface area contributed by atoms with Crippen LogP contribution >= 0.6 is 23.4 Å². The third kappa shape index (κ3) is 1.60. The fraction of sp³-hybridized carbons (Fsp3) is 0.400. The monoisotopic (exact) mass is 229 g/mol. The van der Waals surface area contributed by atoms with Gasteiger partial charge in [-0.05, 0) is 12.3 Å². The molecule has 2 rings (SSSR count). The van der Waals surface area contributed by atoms with E-state index in [1.807, 2.05) is 24.5 Å². The number of fused-ring (bicyclic) bond motifs is 1. The van der Waals surface area contributed by atoms with Gasteiger partial charge in [-0.15, -0.1) is 0 Å². The third-order valence-corrected chi connectivity index (χ3v) is 3.78. The number of para-hydroxylation sites is 1. The minimum absolute atomic E-state index is 0.0208. The summed E-state index contributed by atoms with van der Waals surface area (Å²) in [4.78, 5) is 0. The molecule has 76 valence electrons. The minimum atomic E-state index is 0.0208. The predicted molar refractivity (Wildman–Crippen MR) is 61.2 cm³/mol. The van der Waals surface area contributed by atoms with Crippen LogP contribution in [0.4, 0.5) is 0 Å². The molecule has 2 unspecified atom stereocenters. The average molecular weight is 230 g/mol. The molecular formula is C10H12ClNOS. The summed E-state index contributed by atoms with van der Waals surface area (Å²) in [7, 11) is 0. The molecule has 2 N–H and O–H groups in total. The van der Waals surface area contributed by atoms with Gasteiger partial charge in [0.25, 0.3) is 0 Å². The topological polar surface area (TPSA) is 35.2 Å². The SMILES string of the molecule is CSC1COc2c(Cl)cccc2C1N. The second-order valence-electron chi connectivity index (χ2n) is 3.27. The molecule has 0 aliphatic carbocycles. The average Bonchev–Trinajstić information content (AvgIpc) is 2.20. The van der Waals surface area contributed by atoms with E-state index >= 15 is 0 Å². The molecule has 1 aromatic rings. The Labute approximate surface area is 92.8 Å². The van der Waals surface area contributed by atoms with Crippen LogP contribution < -0.4 is 10.5 Å². The third-order valence-electron chi connectivity index (χ3n) is 2.45. The molecule has 0 spiro atoms. The van der Waals surface area contributed by atoms with Crippen LogP contribution in [0.2, 0.25) is 5.02 Å². The molecule has 0 fully saturated rings. The van der Waals surface area contributed by atoms with E-state index in [9.17, 15) is 0 Å². The van der Waals surface area contributed by atoms with Gasteiger partial charge in [-0.1, -0.05) is 23.7 Å². The maximum Gasteiger partial charge on any atom is 0.142 e. The summed E-state index contributed by atoms with van der Waals surface area (Å²) >= 11 is 7.74. The Morgan fingerprint density at radius 3 is 3.07 bits per heavy atom. The Morgan fingerprint density at radius 2 is 2.36 bits per heavy atom. The summed E-state index contributed by atoms with van der Waals surface area (Å²) in [5.74, 6) is 0.756. The number of ether oxygens (including phenoxy) is 1. The van der Waals surface area contributed by atoms with Gasteiger partial charge < -0.3 is 10.5 Å². The summed E-state index contributed by atoms with van der Waals surface area (Å²) in [6.45, 7) is 0.638. The Hall–Kier alpha value is -0.380. The van der Waals surface area contributed by atoms with Crippen molar-refractivity contribution in [2.24, 2.45) is 5.73 Å². The molecular weight excluding hydrogens is 218 g/mol. The summed E-state index contributed by atoms with van der Waals surface area (Å²) in [6.07, 6.45) is 2.05. The van der Waals surface area contributed by atoms with E-state index in [-0.39, 0.29) is 6.04 Å². The van der Waals surface area contributed by atoms with Crippen molar-refractivity contribution in [2.75, 3.05) is 12.9 Å². The second kappa shape index (κ2) is 4.01. The van der Waals surface area contributed by atoms with Gasteiger partial charge in [-0.2, -0.15) is 11.8 Å². The van der Waals surface area contributed by atoms with Crippen LogP contribution in [0.3, 0.4) is 0 Å². The number of halogens is 1. The first-order chi connectivity index (χ1) is 6.74. The molecule has 0 radical (unpaired) electrons. The lowest BCUT2D eigenvalue weighted by molar-refractivity contribution is 0.276. The van der Waals surface area contributed by atoms with Crippen LogP contribution in [0.5, 0.6) is 5.75 Å². The first kappa shape index (κ1) is 10.1. The molecule has 1 heterocycles. The van der Waals surface area contributed by atoms with Gasteiger partial charge >= 0.3 is 0 Å². The van der Waals surface area contributed by atoms with E-state index in [4.69, 9.17) is 22.1 Å². The fourth-order valence-corrected chi connectivity index (χ4v) is 2.50.